The van der Waals surface area contributed by atoms with Gasteiger partial charge in [0.2, 0.25) is 0 Å². The van der Waals surface area contributed by atoms with Crippen LogP contribution in [0.3, 0.4) is 0 Å². The van der Waals surface area contributed by atoms with E-state index in [4.69, 9.17) is 9.67 Å². The maximum atomic E-state index is 12.6. The van der Waals surface area contributed by atoms with E-state index in [1.807, 2.05) is 45.2 Å². The van der Waals surface area contributed by atoms with Crippen molar-refractivity contribution in [1.29, 1.82) is 0 Å². The number of hydrogen-bond acceptors (Lipinski definition) is 6. The molecule has 0 unspecified atom stereocenters. The zero-order chi connectivity index (χ0) is 21.7. The molecule has 0 aromatic heterocycles. The molecule has 1 heterocycles. The summed E-state index contributed by atoms with van der Waals surface area (Å²) >= 11 is 3.95. The summed E-state index contributed by atoms with van der Waals surface area (Å²) in [5.41, 5.74) is 3.39. The Kier molecular flexibility index (Phi) is 5.49. The number of fused-ring (bicyclic) bond motifs is 2. The molecule has 2 aromatic rings. The van der Waals surface area contributed by atoms with E-state index in [0.29, 0.717) is 51.7 Å². The third-order valence-corrected chi connectivity index (χ3v) is 6.97. The van der Waals surface area contributed by atoms with E-state index in [-0.39, 0.29) is 16.7 Å². The Morgan fingerprint density at radius 2 is 1.73 bits per heavy atom. The van der Waals surface area contributed by atoms with E-state index in [2.05, 4.69) is 4.89 Å². The van der Waals surface area contributed by atoms with Crippen LogP contribution in [0.2, 0.25) is 0 Å². The fourth-order valence-corrected chi connectivity index (χ4v) is 5.18. The van der Waals surface area contributed by atoms with Crippen molar-refractivity contribution in [3.8, 4) is 28.2 Å². The standard InChI is InChI=1S/C22H14I2O6/c1-9-7-13-15(11-5-3-4-6-12(11)22(27)30-28)14-8-10(2)19(26)17(24)21(14)29-20(13)16(23)18(9)25/h3-8,25,28H,1-2H3. The lowest BCUT2D eigenvalue weighted by molar-refractivity contribution is -0.182. The van der Waals surface area contributed by atoms with E-state index in [1.165, 1.54) is 0 Å². The lowest BCUT2D eigenvalue weighted by Crippen LogP contribution is -2.12. The number of phenols is 1. The second-order valence-electron chi connectivity index (χ2n) is 6.85. The first kappa shape index (κ1) is 21.1. The minimum Gasteiger partial charge on any atom is -0.506 e. The van der Waals surface area contributed by atoms with Crippen molar-refractivity contribution in [3.63, 3.8) is 0 Å². The van der Waals surface area contributed by atoms with Crippen LogP contribution >= 0.6 is 45.2 Å². The molecule has 0 amide bonds. The Morgan fingerprint density at radius 3 is 2.43 bits per heavy atom. The SMILES string of the molecule is Cc1cc2c(-c3ccccc3C(=O)OO)c3cc(C)c(=O)c(I)c-3oc2c(I)c1O. The number of phenolic OH excluding ortho intramolecular Hbond substituents is 1. The van der Waals surface area contributed by atoms with Crippen molar-refractivity contribution in [2.24, 2.45) is 0 Å². The van der Waals surface area contributed by atoms with Crippen molar-refractivity contribution >= 4 is 62.1 Å². The Hall–Kier alpha value is -2.18. The van der Waals surface area contributed by atoms with E-state index >= 15 is 0 Å². The zero-order valence-corrected chi connectivity index (χ0v) is 20.1. The summed E-state index contributed by atoms with van der Waals surface area (Å²) in [5.74, 6) is -0.448. The summed E-state index contributed by atoms with van der Waals surface area (Å²) in [7, 11) is 0. The van der Waals surface area contributed by atoms with Gasteiger partial charge in [-0.2, -0.15) is 5.26 Å². The van der Waals surface area contributed by atoms with E-state index < -0.39 is 5.97 Å². The van der Waals surface area contributed by atoms with Gasteiger partial charge in [0.1, 0.15) is 9.32 Å². The quantitative estimate of drug-likeness (QED) is 0.128. The molecule has 8 heteroatoms. The van der Waals surface area contributed by atoms with Crippen LogP contribution in [0.1, 0.15) is 21.5 Å². The second kappa shape index (κ2) is 7.82. The minimum absolute atomic E-state index is 0.0877. The Morgan fingerprint density at radius 1 is 1.03 bits per heavy atom. The monoisotopic (exact) mass is 628 g/mol. The summed E-state index contributed by atoms with van der Waals surface area (Å²) in [6, 6.07) is 10.2. The van der Waals surface area contributed by atoms with Gasteiger partial charge in [-0.05, 0) is 93.9 Å². The van der Waals surface area contributed by atoms with Crippen molar-refractivity contribution in [3.05, 3.63) is 70.5 Å². The van der Waals surface area contributed by atoms with Crippen LogP contribution in [-0.4, -0.2) is 16.3 Å². The van der Waals surface area contributed by atoms with Crippen molar-refractivity contribution in [2.45, 2.75) is 13.8 Å². The summed E-state index contributed by atoms with van der Waals surface area (Å²) in [6.07, 6.45) is 0. The molecule has 0 bridgehead atoms. The molecule has 0 fully saturated rings. The Balaban J connectivity index is 2.31. The number of rotatable bonds is 2. The minimum atomic E-state index is -0.898. The highest BCUT2D eigenvalue weighted by atomic mass is 127. The van der Waals surface area contributed by atoms with Crippen LogP contribution in [0.5, 0.6) is 5.75 Å². The molecule has 0 atom stereocenters. The molecule has 4 rings (SSSR count). The van der Waals surface area contributed by atoms with Gasteiger partial charge >= 0.3 is 5.97 Å². The van der Waals surface area contributed by atoms with E-state index in [0.717, 1.165) is 0 Å². The number of aryl methyl sites for hydroxylation is 2. The van der Waals surface area contributed by atoms with Gasteiger partial charge in [-0.1, -0.05) is 18.2 Å². The molecule has 2 aliphatic rings. The molecule has 1 aliphatic carbocycles. The van der Waals surface area contributed by atoms with Gasteiger partial charge in [0, 0.05) is 16.5 Å². The van der Waals surface area contributed by atoms with Gasteiger partial charge in [-0.15, -0.1) is 0 Å². The third kappa shape index (κ3) is 3.17. The molecule has 2 aromatic carbocycles. The first-order valence-corrected chi connectivity index (χ1v) is 10.9. The molecule has 0 saturated carbocycles. The Bertz CT molecular complexity index is 1370. The summed E-state index contributed by atoms with van der Waals surface area (Å²) in [4.78, 5) is 28.8. The van der Waals surface area contributed by atoms with E-state index in [1.54, 1.807) is 50.2 Å². The summed E-state index contributed by atoms with van der Waals surface area (Å²) in [5, 5.41) is 20.1. The highest BCUT2D eigenvalue weighted by molar-refractivity contribution is 14.1. The van der Waals surface area contributed by atoms with Gasteiger partial charge in [0.05, 0.1) is 9.13 Å². The fourth-order valence-electron chi connectivity index (χ4n) is 3.53. The third-order valence-electron chi connectivity index (χ3n) is 4.99. The number of aromatic hydroxyl groups is 1. The van der Waals surface area contributed by atoms with Gasteiger partial charge in [0.15, 0.2) is 16.8 Å². The van der Waals surface area contributed by atoms with Crippen LogP contribution in [-0.2, 0) is 4.89 Å². The van der Waals surface area contributed by atoms with Gasteiger partial charge in [0.25, 0.3) is 0 Å². The lowest BCUT2D eigenvalue weighted by Gasteiger charge is -2.19. The van der Waals surface area contributed by atoms with Crippen LogP contribution < -0.4 is 5.43 Å². The number of benzene rings is 3. The smallest absolute Gasteiger partial charge is 0.373 e. The lowest BCUT2D eigenvalue weighted by atomic mass is 9.89. The number of hydrogen-bond donors (Lipinski definition) is 2. The average Bonchev–Trinajstić information content (AvgIpc) is 2.75. The molecule has 0 radical (unpaired) electrons. The second-order valence-corrected chi connectivity index (χ2v) is 9.00. The topological polar surface area (TPSA) is 97.0 Å². The van der Waals surface area contributed by atoms with Crippen LogP contribution in [0.4, 0.5) is 0 Å². The number of halogens is 2. The van der Waals surface area contributed by atoms with Crippen molar-refractivity contribution < 1.29 is 24.5 Å². The number of carbonyl (C=O) groups excluding carboxylic acids is 1. The van der Waals surface area contributed by atoms with Gasteiger partial charge in [-0.3, -0.25) is 9.68 Å². The molecule has 2 N–H and O–H groups in total. The fraction of sp³-hybridized carbons (Fsp3) is 0.0909. The predicted octanol–water partition coefficient (Wildman–Crippen LogP) is 5.73. The molecular formula is C22H14I2O6. The number of carbonyl (C=O) groups is 1. The van der Waals surface area contributed by atoms with E-state index in [9.17, 15) is 14.7 Å². The predicted molar refractivity (Wildman–Crippen MR) is 129 cm³/mol. The molecule has 152 valence electrons. The first-order chi connectivity index (χ1) is 14.3. The Labute approximate surface area is 198 Å². The largest absolute Gasteiger partial charge is 0.506 e. The normalized spacial score (nSPS) is 11.2. The molecular weight excluding hydrogens is 614 g/mol. The van der Waals surface area contributed by atoms with Crippen LogP contribution in [0, 0.1) is 21.0 Å². The van der Waals surface area contributed by atoms with Gasteiger partial charge < -0.3 is 9.52 Å². The van der Waals surface area contributed by atoms with Gasteiger partial charge in [-0.25, -0.2) is 4.79 Å². The van der Waals surface area contributed by atoms with Crippen molar-refractivity contribution in [1.82, 2.24) is 0 Å². The molecule has 6 nitrogen and oxygen atoms in total. The van der Waals surface area contributed by atoms with Crippen LogP contribution in [0.15, 0.2) is 45.6 Å². The maximum Gasteiger partial charge on any atom is 0.373 e. The highest BCUT2D eigenvalue weighted by Gasteiger charge is 2.27. The average molecular weight is 628 g/mol. The van der Waals surface area contributed by atoms with Crippen molar-refractivity contribution in [2.75, 3.05) is 0 Å². The summed E-state index contributed by atoms with van der Waals surface area (Å²) in [6.45, 7) is 3.49. The zero-order valence-electron chi connectivity index (χ0n) is 15.7. The molecule has 0 saturated heterocycles. The molecule has 0 spiro atoms. The molecule has 30 heavy (non-hydrogen) atoms. The summed E-state index contributed by atoms with van der Waals surface area (Å²) < 4.78 is 7.03. The maximum absolute atomic E-state index is 12.6. The van der Waals surface area contributed by atoms with Crippen LogP contribution in [0.25, 0.3) is 33.4 Å². The highest BCUT2D eigenvalue weighted by Crippen LogP contribution is 2.46. The first-order valence-electron chi connectivity index (χ1n) is 8.79. The molecule has 1 aliphatic heterocycles.